The molecule has 0 fully saturated rings. The van der Waals surface area contributed by atoms with Gasteiger partial charge in [0.2, 0.25) is 0 Å². The molecule has 0 aliphatic rings. The van der Waals surface area contributed by atoms with Crippen molar-refractivity contribution in [3.8, 4) is 0 Å². The molecule has 208 valence electrons. The van der Waals surface area contributed by atoms with Crippen molar-refractivity contribution in [2.45, 2.75) is 45.6 Å². The van der Waals surface area contributed by atoms with E-state index in [9.17, 15) is 9.59 Å². The van der Waals surface area contributed by atoms with Crippen LogP contribution in [0.4, 0.5) is 5.69 Å². The van der Waals surface area contributed by atoms with E-state index in [0.717, 1.165) is 34.4 Å². The van der Waals surface area contributed by atoms with Crippen LogP contribution in [0.15, 0.2) is 109 Å². The molecule has 1 atom stereocenters. The Morgan fingerprint density at radius 2 is 1.56 bits per heavy atom. The topological polar surface area (TPSA) is 70.8 Å². The highest BCUT2D eigenvalue weighted by atomic mass is 16.4. The molecular formula is C36H36N2O3. The maximum atomic E-state index is 13.8. The smallest absolute Gasteiger partial charge is 0.303 e. The van der Waals surface area contributed by atoms with Gasteiger partial charge in [-0.3, -0.25) is 9.59 Å². The van der Waals surface area contributed by atoms with Gasteiger partial charge < -0.3 is 14.8 Å². The number of rotatable bonds is 12. The first-order valence-electron chi connectivity index (χ1n) is 14.2. The Labute approximate surface area is 241 Å². The number of aliphatic carboxylic acids is 1. The lowest BCUT2D eigenvalue weighted by molar-refractivity contribution is -0.137. The van der Waals surface area contributed by atoms with Crippen LogP contribution in [-0.2, 0) is 17.6 Å². The van der Waals surface area contributed by atoms with Gasteiger partial charge in [-0.25, -0.2) is 0 Å². The minimum absolute atomic E-state index is 0.0591. The number of nitrogens with one attached hydrogen (secondary N) is 1. The van der Waals surface area contributed by atoms with Crippen molar-refractivity contribution in [1.29, 1.82) is 0 Å². The van der Waals surface area contributed by atoms with Gasteiger partial charge in [-0.1, -0.05) is 86.6 Å². The van der Waals surface area contributed by atoms with E-state index in [4.69, 9.17) is 5.11 Å². The molecular weight excluding hydrogens is 508 g/mol. The van der Waals surface area contributed by atoms with Gasteiger partial charge in [0.1, 0.15) is 0 Å². The van der Waals surface area contributed by atoms with Gasteiger partial charge in [-0.15, -0.1) is 0 Å². The van der Waals surface area contributed by atoms with Crippen LogP contribution in [-0.4, -0.2) is 21.3 Å². The number of carbonyl (C=O) groups is 2. The molecule has 3 aromatic carbocycles. The first kappa shape index (κ1) is 27.9. The molecule has 5 rings (SSSR count). The number of ketones is 1. The number of hydrogen-bond acceptors (Lipinski definition) is 3. The Balaban J connectivity index is 1.43. The molecule has 2 N–H and O–H groups in total. The fourth-order valence-electron chi connectivity index (χ4n) is 5.41. The highest BCUT2D eigenvalue weighted by molar-refractivity contribution is 6.13. The van der Waals surface area contributed by atoms with Crippen molar-refractivity contribution in [1.82, 2.24) is 4.40 Å². The van der Waals surface area contributed by atoms with E-state index in [1.165, 1.54) is 5.56 Å². The lowest BCUT2D eigenvalue weighted by Crippen LogP contribution is -2.13. The largest absolute Gasteiger partial charge is 0.481 e. The molecule has 0 radical (unpaired) electrons. The fourth-order valence-corrected chi connectivity index (χ4v) is 5.41. The molecule has 2 aromatic heterocycles. The first-order chi connectivity index (χ1) is 19.9. The molecule has 0 aliphatic carbocycles. The lowest BCUT2D eigenvalue weighted by atomic mass is 9.95. The van der Waals surface area contributed by atoms with Gasteiger partial charge in [0, 0.05) is 35.1 Å². The summed E-state index contributed by atoms with van der Waals surface area (Å²) >= 11 is 0. The van der Waals surface area contributed by atoms with Crippen LogP contribution in [0.3, 0.4) is 0 Å². The summed E-state index contributed by atoms with van der Waals surface area (Å²) in [6.07, 6.45) is 4.17. The van der Waals surface area contributed by atoms with Crippen LogP contribution in [0, 0.1) is 5.92 Å². The molecule has 41 heavy (non-hydrogen) atoms. The number of hydrogen-bond donors (Lipinski definition) is 2. The molecule has 0 saturated carbocycles. The maximum absolute atomic E-state index is 13.8. The zero-order valence-corrected chi connectivity index (χ0v) is 23.6. The summed E-state index contributed by atoms with van der Waals surface area (Å²) in [5.74, 6) is -0.272. The van der Waals surface area contributed by atoms with E-state index in [0.29, 0.717) is 29.9 Å². The summed E-state index contributed by atoms with van der Waals surface area (Å²) in [5.41, 5.74) is 7.46. The van der Waals surface area contributed by atoms with Crippen molar-refractivity contribution in [2.75, 3.05) is 5.32 Å². The second-order valence-electron chi connectivity index (χ2n) is 11.0. The Morgan fingerprint density at radius 3 is 2.29 bits per heavy atom. The zero-order chi connectivity index (χ0) is 28.8. The third kappa shape index (κ3) is 6.75. The molecule has 0 amide bonds. The van der Waals surface area contributed by atoms with E-state index in [-0.39, 0.29) is 18.2 Å². The Bertz CT molecular complexity index is 1640. The van der Waals surface area contributed by atoms with Crippen molar-refractivity contribution < 1.29 is 14.7 Å². The van der Waals surface area contributed by atoms with E-state index in [1.54, 1.807) is 0 Å². The summed E-state index contributed by atoms with van der Waals surface area (Å²) < 4.78 is 1.99. The van der Waals surface area contributed by atoms with Crippen molar-refractivity contribution in [3.05, 3.63) is 143 Å². The summed E-state index contributed by atoms with van der Waals surface area (Å²) in [7, 11) is 0. The van der Waals surface area contributed by atoms with E-state index >= 15 is 0 Å². The zero-order valence-electron chi connectivity index (χ0n) is 23.6. The number of benzene rings is 3. The minimum atomic E-state index is -0.813. The van der Waals surface area contributed by atoms with Gasteiger partial charge in [0.15, 0.2) is 5.78 Å². The quantitative estimate of drug-likeness (QED) is 0.156. The van der Waals surface area contributed by atoms with Crippen LogP contribution < -0.4 is 5.32 Å². The van der Waals surface area contributed by atoms with Crippen LogP contribution in [0.5, 0.6) is 0 Å². The summed E-state index contributed by atoms with van der Waals surface area (Å²) in [6, 6.07) is 34.4. The number of anilines is 1. The fraction of sp³-hybridized carbons (Fsp3) is 0.222. The van der Waals surface area contributed by atoms with Crippen molar-refractivity contribution in [2.24, 2.45) is 5.92 Å². The predicted molar refractivity (Wildman–Crippen MR) is 165 cm³/mol. The third-order valence-electron chi connectivity index (χ3n) is 7.35. The Kier molecular flexibility index (Phi) is 8.64. The molecule has 0 aliphatic heterocycles. The van der Waals surface area contributed by atoms with Gasteiger partial charge in [-0.2, -0.15) is 0 Å². The number of fused-ring (bicyclic) bond motifs is 1. The third-order valence-corrected chi connectivity index (χ3v) is 7.35. The second kappa shape index (κ2) is 12.7. The molecule has 5 nitrogen and oxygen atoms in total. The number of carboxylic acid groups (broad SMARTS) is 1. The lowest BCUT2D eigenvalue weighted by Gasteiger charge is -2.22. The SMILES string of the molecule is CC(C)Cc1ccc(C(Nc2cccc(C(=O)c3cc(CCCC(=O)O)n4ccccc34)c2)c2ccccc2)cc1. The predicted octanol–water partition coefficient (Wildman–Crippen LogP) is 7.98. The number of carbonyl (C=O) groups excluding carboxylic acids is 1. The number of aromatic nitrogens is 1. The van der Waals surface area contributed by atoms with Crippen molar-refractivity contribution in [3.63, 3.8) is 0 Å². The van der Waals surface area contributed by atoms with E-state index in [2.05, 4.69) is 55.6 Å². The van der Waals surface area contributed by atoms with Crippen LogP contribution in [0.25, 0.3) is 5.52 Å². The molecule has 0 spiro atoms. The highest BCUT2D eigenvalue weighted by Crippen LogP contribution is 2.29. The van der Waals surface area contributed by atoms with Gasteiger partial charge in [0.25, 0.3) is 0 Å². The number of nitrogens with zero attached hydrogens (tertiary/aromatic N) is 1. The molecule has 5 heteroatoms. The van der Waals surface area contributed by atoms with E-state index < -0.39 is 5.97 Å². The van der Waals surface area contributed by atoms with Gasteiger partial charge in [-0.05, 0) is 72.2 Å². The summed E-state index contributed by atoms with van der Waals surface area (Å²) in [4.78, 5) is 24.9. The average Bonchev–Trinajstić information content (AvgIpc) is 3.35. The number of carboxylic acids is 1. The van der Waals surface area contributed by atoms with Crippen LogP contribution in [0.2, 0.25) is 0 Å². The molecule has 0 saturated heterocycles. The van der Waals surface area contributed by atoms with Gasteiger partial charge in [0.05, 0.1) is 11.6 Å². The minimum Gasteiger partial charge on any atom is -0.481 e. The van der Waals surface area contributed by atoms with Crippen LogP contribution in [0.1, 0.15) is 71.0 Å². The number of pyridine rings is 1. The Hall–Kier alpha value is -4.64. The number of aryl methyl sites for hydroxylation is 1. The summed E-state index contributed by atoms with van der Waals surface area (Å²) in [5, 5.41) is 12.7. The normalized spacial score (nSPS) is 12.0. The molecule has 0 bridgehead atoms. The molecule has 5 aromatic rings. The molecule has 2 heterocycles. The average molecular weight is 545 g/mol. The first-order valence-corrected chi connectivity index (χ1v) is 14.2. The standard InChI is InChI=1S/C36H36N2O3/c1-25(2)22-26-17-19-28(20-18-26)35(27-10-4-3-5-11-27)37-30-13-8-12-29(23-30)36(41)32-24-31(14-9-16-34(39)40)38-21-7-6-15-33(32)38/h3-8,10-13,15,17-21,23-25,35,37H,9,14,16,22H2,1-2H3,(H,39,40). The monoisotopic (exact) mass is 544 g/mol. The summed E-state index contributed by atoms with van der Waals surface area (Å²) in [6.45, 7) is 4.46. The van der Waals surface area contributed by atoms with Crippen LogP contribution >= 0.6 is 0 Å². The maximum Gasteiger partial charge on any atom is 0.303 e. The molecule has 1 unspecified atom stereocenters. The van der Waals surface area contributed by atoms with Crippen molar-refractivity contribution >= 4 is 23.0 Å². The van der Waals surface area contributed by atoms with Gasteiger partial charge >= 0.3 is 5.97 Å². The second-order valence-corrected chi connectivity index (χ2v) is 11.0. The van der Waals surface area contributed by atoms with E-state index in [1.807, 2.05) is 77.3 Å². The highest BCUT2D eigenvalue weighted by Gasteiger charge is 2.19. The Morgan fingerprint density at radius 1 is 0.829 bits per heavy atom.